The number of benzene rings is 3. The summed E-state index contributed by atoms with van der Waals surface area (Å²) in [7, 11) is 0. The van der Waals surface area contributed by atoms with Gasteiger partial charge in [0.1, 0.15) is 5.82 Å². The number of halogens is 1. The van der Waals surface area contributed by atoms with Crippen molar-refractivity contribution in [3.63, 3.8) is 0 Å². The quantitative estimate of drug-likeness (QED) is 0.654. The van der Waals surface area contributed by atoms with Crippen molar-refractivity contribution in [2.45, 2.75) is 13.1 Å². The van der Waals surface area contributed by atoms with Crippen LogP contribution in [0.2, 0.25) is 0 Å². The van der Waals surface area contributed by atoms with Crippen molar-refractivity contribution in [2.24, 2.45) is 0 Å². The van der Waals surface area contributed by atoms with Crippen LogP contribution < -0.4 is 9.80 Å². The Hall–Kier alpha value is -3.34. The minimum absolute atomic E-state index is 0.0990. The largest absolute Gasteiger partial charge is 0.368 e. The maximum Gasteiger partial charge on any atom is 0.254 e. The first-order valence-electron chi connectivity index (χ1n) is 10.4. The van der Waals surface area contributed by atoms with Gasteiger partial charge in [0.15, 0.2) is 0 Å². The van der Waals surface area contributed by atoms with E-state index in [4.69, 9.17) is 0 Å². The number of hydrogen-bond donors (Lipinski definition) is 0. The summed E-state index contributed by atoms with van der Waals surface area (Å²) in [5.74, 6) is -0.473. The fraction of sp³-hybridized carbons (Fsp3) is 0.240. The van der Waals surface area contributed by atoms with Crippen molar-refractivity contribution < 1.29 is 9.18 Å². The molecule has 0 aliphatic carbocycles. The van der Waals surface area contributed by atoms with Crippen LogP contribution in [0.1, 0.15) is 21.5 Å². The van der Waals surface area contributed by atoms with E-state index in [-0.39, 0.29) is 11.7 Å². The molecule has 2 aliphatic heterocycles. The Morgan fingerprint density at radius 3 is 1.90 bits per heavy atom. The molecule has 5 heteroatoms. The molecule has 5 rings (SSSR count). The van der Waals surface area contributed by atoms with Crippen LogP contribution in [-0.2, 0) is 13.1 Å². The van der Waals surface area contributed by atoms with E-state index in [2.05, 4.69) is 58.3 Å². The number of carbonyl (C=O) groups excluding carboxylic acids is 1. The van der Waals surface area contributed by atoms with Gasteiger partial charge in [-0.15, -0.1) is 0 Å². The fourth-order valence-electron chi connectivity index (χ4n) is 4.36. The molecule has 0 radical (unpaired) electrons. The standard InChI is InChI=1S/C25H24FN3O/c26-22-7-3-6-19(16-22)25(30)28-14-12-27(13-15-28)23-8-10-24(11-9-23)29-17-20-4-1-2-5-21(20)18-29/h1-11,16H,12-15,17-18H2. The molecule has 0 aromatic heterocycles. The van der Waals surface area contributed by atoms with Crippen LogP contribution in [0.25, 0.3) is 0 Å². The van der Waals surface area contributed by atoms with E-state index < -0.39 is 0 Å². The van der Waals surface area contributed by atoms with E-state index in [1.54, 1.807) is 17.0 Å². The molecule has 2 heterocycles. The molecular weight excluding hydrogens is 377 g/mol. The maximum atomic E-state index is 13.4. The summed E-state index contributed by atoms with van der Waals surface area (Å²) in [6, 6.07) is 23.2. The summed E-state index contributed by atoms with van der Waals surface area (Å²) < 4.78 is 13.4. The first-order valence-corrected chi connectivity index (χ1v) is 10.4. The highest BCUT2D eigenvalue weighted by molar-refractivity contribution is 5.94. The molecule has 152 valence electrons. The molecule has 0 N–H and O–H groups in total. The van der Waals surface area contributed by atoms with Crippen LogP contribution in [0.5, 0.6) is 0 Å². The first kappa shape index (κ1) is 18.7. The predicted molar refractivity (Wildman–Crippen MR) is 117 cm³/mol. The molecular formula is C25H24FN3O. The maximum absolute atomic E-state index is 13.4. The molecule has 0 saturated carbocycles. The zero-order valence-electron chi connectivity index (χ0n) is 16.8. The van der Waals surface area contributed by atoms with Gasteiger partial charge in [-0.3, -0.25) is 4.79 Å². The van der Waals surface area contributed by atoms with Crippen molar-refractivity contribution in [2.75, 3.05) is 36.0 Å². The first-order chi connectivity index (χ1) is 14.7. The number of carbonyl (C=O) groups is 1. The normalized spacial score (nSPS) is 16.0. The lowest BCUT2D eigenvalue weighted by Gasteiger charge is -2.36. The molecule has 2 aliphatic rings. The van der Waals surface area contributed by atoms with Crippen molar-refractivity contribution in [3.8, 4) is 0 Å². The number of nitrogens with zero attached hydrogens (tertiary/aromatic N) is 3. The Labute approximate surface area is 176 Å². The van der Waals surface area contributed by atoms with Crippen LogP contribution in [0, 0.1) is 5.82 Å². The minimum atomic E-state index is -0.374. The number of amides is 1. The molecule has 0 unspecified atom stereocenters. The lowest BCUT2D eigenvalue weighted by molar-refractivity contribution is 0.0746. The smallest absolute Gasteiger partial charge is 0.254 e. The van der Waals surface area contributed by atoms with Gasteiger partial charge in [0.25, 0.3) is 5.91 Å². The molecule has 1 amide bonds. The summed E-state index contributed by atoms with van der Waals surface area (Å²) >= 11 is 0. The van der Waals surface area contributed by atoms with Gasteiger partial charge in [-0.2, -0.15) is 0 Å². The molecule has 4 nitrogen and oxygen atoms in total. The van der Waals surface area contributed by atoms with E-state index >= 15 is 0 Å². The third-order valence-corrected chi connectivity index (χ3v) is 6.06. The number of rotatable bonds is 3. The molecule has 0 atom stereocenters. The number of piperazine rings is 1. The average molecular weight is 401 g/mol. The minimum Gasteiger partial charge on any atom is -0.368 e. The zero-order valence-corrected chi connectivity index (χ0v) is 16.8. The van der Waals surface area contributed by atoms with Crippen LogP contribution in [0.15, 0.2) is 72.8 Å². The number of fused-ring (bicyclic) bond motifs is 1. The van der Waals surface area contributed by atoms with E-state index in [0.717, 1.165) is 26.2 Å². The SMILES string of the molecule is O=C(c1cccc(F)c1)N1CCN(c2ccc(N3Cc4ccccc4C3)cc2)CC1. The second-order valence-corrected chi connectivity index (χ2v) is 7.93. The third-order valence-electron chi connectivity index (χ3n) is 6.06. The average Bonchev–Trinajstić information content (AvgIpc) is 3.23. The Bertz CT molecular complexity index is 1030. The summed E-state index contributed by atoms with van der Waals surface area (Å²) in [6.07, 6.45) is 0. The molecule has 3 aromatic rings. The van der Waals surface area contributed by atoms with Crippen LogP contribution >= 0.6 is 0 Å². The van der Waals surface area contributed by atoms with Crippen molar-refractivity contribution in [1.29, 1.82) is 0 Å². The number of anilines is 2. The highest BCUT2D eigenvalue weighted by atomic mass is 19.1. The highest BCUT2D eigenvalue weighted by Crippen LogP contribution is 2.29. The molecule has 3 aromatic carbocycles. The van der Waals surface area contributed by atoms with E-state index in [1.807, 2.05) is 0 Å². The fourth-order valence-corrected chi connectivity index (χ4v) is 4.36. The lowest BCUT2D eigenvalue weighted by Crippen LogP contribution is -2.48. The molecule has 1 saturated heterocycles. The topological polar surface area (TPSA) is 26.8 Å². The predicted octanol–water partition coefficient (Wildman–Crippen LogP) is 4.31. The van der Waals surface area contributed by atoms with E-state index in [0.29, 0.717) is 18.7 Å². The summed E-state index contributed by atoms with van der Waals surface area (Å²) in [5.41, 5.74) is 5.63. The van der Waals surface area contributed by atoms with Crippen molar-refractivity contribution in [3.05, 3.63) is 95.3 Å². The van der Waals surface area contributed by atoms with Crippen molar-refractivity contribution in [1.82, 2.24) is 4.90 Å². The van der Waals surface area contributed by atoms with Gasteiger partial charge in [-0.1, -0.05) is 30.3 Å². The van der Waals surface area contributed by atoms with Crippen LogP contribution in [-0.4, -0.2) is 37.0 Å². The summed E-state index contributed by atoms with van der Waals surface area (Å²) in [6.45, 7) is 4.73. The van der Waals surface area contributed by atoms with E-state index in [1.165, 1.54) is 34.6 Å². The second-order valence-electron chi connectivity index (χ2n) is 7.93. The zero-order chi connectivity index (χ0) is 20.5. The molecule has 0 bridgehead atoms. The highest BCUT2D eigenvalue weighted by Gasteiger charge is 2.23. The summed E-state index contributed by atoms with van der Waals surface area (Å²) in [5, 5.41) is 0. The Morgan fingerprint density at radius 2 is 1.30 bits per heavy atom. The van der Waals surface area contributed by atoms with Gasteiger partial charge in [0.05, 0.1) is 0 Å². The Kier molecular flexibility index (Phi) is 4.87. The molecule has 0 spiro atoms. The van der Waals surface area contributed by atoms with Gasteiger partial charge >= 0.3 is 0 Å². The molecule has 30 heavy (non-hydrogen) atoms. The van der Waals surface area contributed by atoms with Gasteiger partial charge in [0.2, 0.25) is 0 Å². The van der Waals surface area contributed by atoms with Gasteiger partial charge < -0.3 is 14.7 Å². The Morgan fingerprint density at radius 1 is 0.700 bits per heavy atom. The molecule has 1 fully saturated rings. The van der Waals surface area contributed by atoms with Crippen LogP contribution in [0.4, 0.5) is 15.8 Å². The second kappa shape index (κ2) is 7.82. The van der Waals surface area contributed by atoms with Crippen LogP contribution in [0.3, 0.4) is 0 Å². The Balaban J connectivity index is 1.20. The lowest BCUT2D eigenvalue weighted by atomic mass is 10.1. The van der Waals surface area contributed by atoms with Crippen molar-refractivity contribution >= 4 is 17.3 Å². The van der Waals surface area contributed by atoms with Gasteiger partial charge in [-0.25, -0.2) is 4.39 Å². The monoisotopic (exact) mass is 401 g/mol. The summed E-state index contributed by atoms with van der Waals surface area (Å²) in [4.78, 5) is 19.1. The van der Waals surface area contributed by atoms with Gasteiger partial charge in [-0.05, 0) is 53.6 Å². The number of hydrogen-bond acceptors (Lipinski definition) is 3. The van der Waals surface area contributed by atoms with E-state index in [9.17, 15) is 9.18 Å². The van der Waals surface area contributed by atoms with Gasteiger partial charge in [0, 0.05) is 56.2 Å². The third kappa shape index (κ3) is 3.63.